The van der Waals surface area contributed by atoms with Gasteiger partial charge in [-0.05, 0) is 28.4 Å². The van der Waals surface area contributed by atoms with E-state index in [9.17, 15) is 27.8 Å². The quantitative estimate of drug-likeness (QED) is 0.344. The number of fused-ring (bicyclic) bond motifs is 3. The average molecular weight is 494 g/mol. The summed E-state index contributed by atoms with van der Waals surface area (Å²) >= 11 is 2.96. The molecule has 164 valence electrons. The average Bonchev–Trinajstić information content (AvgIpc) is 3.02. The molecule has 0 fully saturated rings. The van der Waals surface area contributed by atoms with Crippen LogP contribution in [0.25, 0.3) is 0 Å². The molecule has 0 amide bonds. The zero-order valence-electron chi connectivity index (χ0n) is 15.8. The fourth-order valence-corrected chi connectivity index (χ4v) is 4.25. The lowest BCUT2D eigenvalue weighted by Gasteiger charge is -2.32. The van der Waals surface area contributed by atoms with Crippen molar-refractivity contribution in [3.63, 3.8) is 0 Å². The standard InChI is InChI=1S/C18H20BrF4N5O2/c19-15-13(20)12(1-5-24-15)25-16(30)27-6-2-11-10(7-27)14-18(22,23)4-3-17(21,9-29)8-28(14)26-11/h1,5,16,29-30H,2-4,6-9H2,(H,24,25)/t16?,17-/m1/s1. The second kappa shape index (κ2) is 7.74. The summed E-state index contributed by atoms with van der Waals surface area (Å²) in [5.74, 6) is -4.02. The fourth-order valence-electron chi connectivity index (χ4n) is 3.92. The predicted octanol–water partition coefficient (Wildman–Crippen LogP) is 2.51. The summed E-state index contributed by atoms with van der Waals surface area (Å²) in [7, 11) is 0. The third kappa shape index (κ3) is 3.81. The van der Waals surface area contributed by atoms with Crippen LogP contribution in [0.2, 0.25) is 0 Å². The molecule has 0 saturated heterocycles. The first-order chi connectivity index (χ1) is 14.1. The van der Waals surface area contributed by atoms with Crippen molar-refractivity contribution in [2.24, 2.45) is 0 Å². The molecule has 0 bridgehead atoms. The Kier molecular flexibility index (Phi) is 5.54. The summed E-state index contributed by atoms with van der Waals surface area (Å²) in [4.78, 5) is 5.20. The number of nitrogens with zero attached hydrogens (tertiary/aromatic N) is 4. The molecular weight excluding hydrogens is 474 g/mol. The van der Waals surface area contributed by atoms with Gasteiger partial charge in [0.05, 0.1) is 24.5 Å². The third-order valence-corrected chi connectivity index (χ3v) is 6.11. The highest BCUT2D eigenvalue weighted by molar-refractivity contribution is 9.10. The first-order valence-electron chi connectivity index (χ1n) is 9.39. The molecule has 3 N–H and O–H groups in total. The van der Waals surface area contributed by atoms with Crippen LogP contribution in [0.4, 0.5) is 23.2 Å². The number of aliphatic hydroxyl groups is 2. The summed E-state index contributed by atoms with van der Waals surface area (Å²) < 4.78 is 59.5. The molecule has 2 aromatic rings. The Hall–Kier alpha value is -1.76. The van der Waals surface area contributed by atoms with E-state index in [1.54, 1.807) is 0 Å². The number of hydrogen-bond donors (Lipinski definition) is 3. The van der Waals surface area contributed by atoms with E-state index in [4.69, 9.17) is 0 Å². The van der Waals surface area contributed by atoms with Crippen LogP contribution < -0.4 is 5.32 Å². The van der Waals surface area contributed by atoms with E-state index >= 15 is 0 Å². The summed E-state index contributed by atoms with van der Waals surface area (Å²) in [6.45, 7) is -1.12. The number of anilines is 1. The third-order valence-electron chi connectivity index (χ3n) is 5.56. The summed E-state index contributed by atoms with van der Waals surface area (Å²) in [5.41, 5.74) is -1.92. The van der Waals surface area contributed by atoms with Crippen LogP contribution in [0.5, 0.6) is 0 Å². The lowest BCUT2D eigenvalue weighted by molar-refractivity contribution is -0.0342. The largest absolute Gasteiger partial charge is 0.393 e. The van der Waals surface area contributed by atoms with Gasteiger partial charge in [0.15, 0.2) is 17.8 Å². The first-order valence-corrected chi connectivity index (χ1v) is 10.2. The highest BCUT2D eigenvalue weighted by atomic mass is 79.9. The van der Waals surface area contributed by atoms with E-state index < -0.39 is 49.8 Å². The van der Waals surface area contributed by atoms with Gasteiger partial charge in [-0.1, -0.05) is 0 Å². The lowest BCUT2D eigenvalue weighted by Crippen LogP contribution is -2.44. The summed E-state index contributed by atoms with van der Waals surface area (Å²) in [5, 5.41) is 26.6. The number of pyridine rings is 1. The molecule has 2 aliphatic heterocycles. The van der Waals surface area contributed by atoms with Crippen molar-refractivity contribution in [2.45, 2.75) is 50.3 Å². The van der Waals surface area contributed by atoms with Crippen molar-refractivity contribution in [3.8, 4) is 0 Å². The minimum atomic E-state index is -3.33. The van der Waals surface area contributed by atoms with Crippen LogP contribution in [0, 0.1) is 5.82 Å². The number of alkyl halides is 3. The summed E-state index contributed by atoms with van der Waals surface area (Å²) in [6, 6.07) is 1.34. The predicted molar refractivity (Wildman–Crippen MR) is 102 cm³/mol. The Morgan fingerprint density at radius 2 is 2.07 bits per heavy atom. The monoisotopic (exact) mass is 493 g/mol. The van der Waals surface area contributed by atoms with Gasteiger partial charge in [-0.3, -0.25) is 9.58 Å². The minimum absolute atomic E-state index is 0.000467. The maximum atomic E-state index is 14.9. The second-order valence-electron chi connectivity index (χ2n) is 7.65. The van der Waals surface area contributed by atoms with E-state index in [0.717, 1.165) is 4.68 Å². The molecule has 0 aliphatic carbocycles. The number of aromatic nitrogens is 3. The maximum Gasteiger partial charge on any atom is 0.289 e. The van der Waals surface area contributed by atoms with Gasteiger partial charge in [0.2, 0.25) is 0 Å². The van der Waals surface area contributed by atoms with Crippen molar-refractivity contribution in [1.29, 1.82) is 0 Å². The number of aliphatic hydroxyl groups excluding tert-OH is 2. The zero-order valence-corrected chi connectivity index (χ0v) is 17.3. The van der Waals surface area contributed by atoms with Gasteiger partial charge >= 0.3 is 0 Å². The van der Waals surface area contributed by atoms with Gasteiger partial charge in [0, 0.05) is 37.7 Å². The second-order valence-corrected chi connectivity index (χ2v) is 8.40. The molecule has 0 saturated carbocycles. The van der Waals surface area contributed by atoms with Crippen LogP contribution in [-0.2, 0) is 25.4 Å². The van der Waals surface area contributed by atoms with Crippen LogP contribution in [0.1, 0.15) is 29.8 Å². The Labute approximate surface area is 177 Å². The molecule has 0 spiro atoms. The summed E-state index contributed by atoms with van der Waals surface area (Å²) in [6.07, 6.45) is -0.989. The SMILES string of the molecule is OC[C@@]1(F)CCC(F)(F)c2c3c(nn2C1)CCN(C(O)Nc1ccnc(Br)c1F)C3. The number of hydrogen-bond acceptors (Lipinski definition) is 6. The molecular formula is C18H20BrF4N5O2. The molecule has 4 rings (SSSR count). The normalized spacial score (nSPS) is 24.6. The smallest absolute Gasteiger partial charge is 0.289 e. The van der Waals surface area contributed by atoms with E-state index in [0.29, 0.717) is 5.69 Å². The van der Waals surface area contributed by atoms with Crippen molar-refractivity contribution >= 4 is 21.6 Å². The van der Waals surface area contributed by atoms with Crippen molar-refractivity contribution in [1.82, 2.24) is 19.7 Å². The van der Waals surface area contributed by atoms with E-state index in [-0.39, 0.29) is 41.1 Å². The highest BCUT2D eigenvalue weighted by Gasteiger charge is 2.48. The number of rotatable bonds is 4. The molecule has 2 atom stereocenters. The first kappa shape index (κ1) is 21.5. The van der Waals surface area contributed by atoms with Gasteiger partial charge in [0.25, 0.3) is 5.92 Å². The van der Waals surface area contributed by atoms with E-state index in [1.807, 2.05) is 0 Å². The van der Waals surface area contributed by atoms with Gasteiger partial charge in [-0.25, -0.2) is 13.8 Å². The fraction of sp³-hybridized carbons (Fsp3) is 0.556. The van der Waals surface area contributed by atoms with E-state index in [1.165, 1.54) is 17.2 Å². The highest BCUT2D eigenvalue weighted by Crippen LogP contribution is 2.43. The van der Waals surface area contributed by atoms with Crippen molar-refractivity contribution < 1.29 is 27.8 Å². The molecule has 7 nitrogen and oxygen atoms in total. The minimum Gasteiger partial charge on any atom is -0.393 e. The molecule has 0 aromatic carbocycles. The van der Waals surface area contributed by atoms with Gasteiger partial charge < -0.3 is 15.5 Å². The Morgan fingerprint density at radius 1 is 1.30 bits per heavy atom. The molecule has 2 aliphatic rings. The molecule has 1 unspecified atom stereocenters. The molecule has 4 heterocycles. The van der Waals surface area contributed by atoms with Crippen LogP contribution in [0.3, 0.4) is 0 Å². The zero-order chi connectivity index (χ0) is 21.7. The van der Waals surface area contributed by atoms with Crippen LogP contribution in [0.15, 0.2) is 16.9 Å². The van der Waals surface area contributed by atoms with E-state index in [2.05, 4.69) is 31.3 Å². The molecule has 2 aromatic heterocycles. The van der Waals surface area contributed by atoms with Crippen LogP contribution >= 0.6 is 15.9 Å². The Morgan fingerprint density at radius 3 is 2.80 bits per heavy atom. The molecule has 0 radical (unpaired) electrons. The Bertz CT molecular complexity index is 959. The number of nitrogens with one attached hydrogen (secondary N) is 1. The molecule has 30 heavy (non-hydrogen) atoms. The van der Waals surface area contributed by atoms with Gasteiger partial charge in [-0.2, -0.15) is 13.9 Å². The van der Waals surface area contributed by atoms with Gasteiger partial charge in [-0.15, -0.1) is 0 Å². The van der Waals surface area contributed by atoms with Crippen molar-refractivity contribution in [3.05, 3.63) is 39.6 Å². The lowest BCUT2D eigenvalue weighted by atomic mass is 9.97. The maximum absolute atomic E-state index is 14.9. The topological polar surface area (TPSA) is 86.4 Å². The number of halogens is 5. The van der Waals surface area contributed by atoms with Crippen LogP contribution in [-0.4, -0.2) is 55.0 Å². The Balaban J connectivity index is 1.60. The van der Waals surface area contributed by atoms with Gasteiger partial charge in [0.1, 0.15) is 10.3 Å². The van der Waals surface area contributed by atoms with Crippen molar-refractivity contribution in [2.75, 3.05) is 18.5 Å². The molecule has 12 heteroatoms.